The van der Waals surface area contributed by atoms with Crippen molar-refractivity contribution < 1.29 is 14.3 Å². The van der Waals surface area contributed by atoms with Crippen LogP contribution in [0.1, 0.15) is 47.0 Å². The number of ether oxygens (including phenoxy) is 2. The highest BCUT2D eigenvalue weighted by Gasteiger charge is 2.40. The molecule has 1 saturated heterocycles. The molecule has 0 radical (unpaired) electrons. The molecule has 3 rings (SSSR count). The summed E-state index contributed by atoms with van der Waals surface area (Å²) in [5.41, 5.74) is 1.81. The van der Waals surface area contributed by atoms with Gasteiger partial charge in [0.1, 0.15) is 18.0 Å². The van der Waals surface area contributed by atoms with E-state index in [-0.39, 0.29) is 11.9 Å². The summed E-state index contributed by atoms with van der Waals surface area (Å²) in [6, 6.07) is 14.5. The van der Waals surface area contributed by atoms with Crippen LogP contribution < -0.4 is 4.74 Å². The lowest BCUT2D eigenvalue weighted by molar-refractivity contribution is -0.129. The van der Waals surface area contributed by atoms with Crippen molar-refractivity contribution in [1.82, 2.24) is 0 Å². The van der Waals surface area contributed by atoms with Gasteiger partial charge in [-0.25, -0.2) is 0 Å². The van der Waals surface area contributed by atoms with Gasteiger partial charge in [0, 0.05) is 6.42 Å². The van der Waals surface area contributed by atoms with E-state index in [9.17, 15) is 4.79 Å². The van der Waals surface area contributed by atoms with Crippen molar-refractivity contribution in [3.05, 3.63) is 65.8 Å². The van der Waals surface area contributed by atoms with Gasteiger partial charge in [0.05, 0.1) is 6.10 Å². The van der Waals surface area contributed by atoms with Gasteiger partial charge in [0.15, 0.2) is 5.78 Å². The summed E-state index contributed by atoms with van der Waals surface area (Å²) >= 11 is 0. The van der Waals surface area contributed by atoms with E-state index in [1.807, 2.05) is 32.0 Å². The van der Waals surface area contributed by atoms with Crippen LogP contribution in [0.25, 0.3) is 10.8 Å². The van der Waals surface area contributed by atoms with Crippen molar-refractivity contribution in [2.45, 2.75) is 58.7 Å². The minimum Gasteiger partial charge on any atom is -0.490 e. The third kappa shape index (κ3) is 5.11. The van der Waals surface area contributed by atoms with Gasteiger partial charge in [-0.3, -0.25) is 4.79 Å². The highest BCUT2D eigenvalue weighted by atomic mass is 16.5. The fourth-order valence-corrected chi connectivity index (χ4v) is 3.43. The normalized spacial score (nSPS) is 20.0. The van der Waals surface area contributed by atoms with Crippen molar-refractivity contribution in [1.29, 1.82) is 0 Å². The highest BCUT2D eigenvalue weighted by molar-refractivity contribution is 5.89. The number of carbonyl (C=O) groups excluding carboxylic acids is 1. The number of allylic oxidation sites excluding steroid dienone is 2. The van der Waals surface area contributed by atoms with Crippen LogP contribution in [0.5, 0.6) is 5.75 Å². The largest absolute Gasteiger partial charge is 0.490 e. The van der Waals surface area contributed by atoms with E-state index in [1.54, 1.807) is 0 Å². The van der Waals surface area contributed by atoms with Crippen LogP contribution in [0.4, 0.5) is 0 Å². The van der Waals surface area contributed by atoms with E-state index >= 15 is 0 Å². The third-order valence-electron chi connectivity index (χ3n) is 5.39. The molecule has 3 nitrogen and oxygen atoms in total. The molecule has 0 spiro atoms. The number of hydrogen-bond acceptors (Lipinski definition) is 3. The molecule has 1 aliphatic heterocycles. The molecule has 1 unspecified atom stereocenters. The number of benzene rings is 2. The minimum atomic E-state index is -0.643. The lowest BCUT2D eigenvalue weighted by atomic mass is 10.0. The summed E-state index contributed by atoms with van der Waals surface area (Å²) in [6.45, 7) is 8.46. The molecule has 0 aromatic heterocycles. The standard InChI is InChI=1S/C25H30O3/c1-18(8-7-9-19(2)23-17-24(26)25(3,4)28-23)14-15-27-22-13-12-20-10-5-6-11-21(20)16-22/h5-6,9-14,16,23H,7-8,15,17H2,1-4H3/b18-14+,19-9+. The molecule has 2 aromatic carbocycles. The van der Waals surface area contributed by atoms with Gasteiger partial charge in [0.25, 0.3) is 0 Å². The topological polar surface area (TPSA) is 35.5 Å². The van der Waals surface area contributed by atoms with Crippen LogP contribution in [0.15, 0.2) is 65.8 Å². The summed E-state index contributed by atoms with van der Waals surface area (Å²) in [5, 5.41) is 2.41. The Hall–Kier alpha value is -2.39. The molecule has 0 saturated carbocycles. The Balaban J connectivity index is 1.46. The number of ketones is 1. The van der Waals surface area contributed by atoms with E-state index in [1.165, 1.54) is 16.3 Å². The van der Waals surface area contributed by atoms with E-state index in [0.29, 0.717) is 13.0 Å². The first kappa shape index (κ1) is 20.3. The lowest BCUT2D eigenvalue weighted by Crippen LogP contribution is -2.27. The number of fused-ring (bicyclic) bond motifs is 1. The molecular weight excluding hydrogens is 348 g/mol. The summed E-state index contributed by atoms with van der Waals surface area (Å²) in [6.07, 6.45) is 6.67. The smallest absolute Gasteiger partial charge is 0.167 e. The summed E-state index contributed by atoms with van der Waals surface area (Å²) in [5.74, 6) is 1.08. The number of Topliss-reactive ketones (excluding diaryl/α,β-unsaturated/α-hetero) is 1. The van der Waals surface area contributed by atoms with E-state index in [0.717, 1.165) is 24.2 Å². The maximum absolute atomic E-state index is 11.9. The van der Waals surface area contributed by atoms with Gasteiger partial charge < -0.3 is 9.47 Å². The summed E-state index contributed by atoms with van der Waals surface area (Å²) < 4.78 is 11.8. The van der Waals surface area contributed by atoms with E-state index < -0.39 is 5.60 Å². The second-order valence-electron chi connectivity index (χ2n) is 8.10. The van der Waals surface area contributed by atoms with Crippen molar-refractivity contribution in [3.8, 4) is 5.75 Å². The number of rotatable bonds is 7. The first-order chi connectivity index (χ1) is 13.3. The molecule has 3 heteroatoms. The van der Waals surface area contributed by atoms with Crippen LogP contribution in [-0.2, 0) is 9.53 Å². The molecule has 0 bridgehead atoms. The zero-order chi connectivity index (χ0) is 20.1. The summed E-state index contributed by atoms with van der Waals surface area (Å²) in [4.78, 5) is 11.9. The Morgan fingerprint density at radius 2 is 1.89 bits per heavy atom. The molecule has 1 atom stereocenters. The molecule has 0 amide bonds. The maximum atomic E-state index is 11.9. The van der Waals surface area contributed by atoms with Gasteiger partial charge in [0.2, 0.25) is 0 Å². The predicted molar refractivity (Wildman–Crippen MR) is 115 cm³/mol. The molecule has 148 valence electrons. The van der Waals surface area contributed by atoms with Crippen LogP contribution in [-0.4, -0.2) is 24.1 Å². The Morgan fingerprint density at radius 1 is 1.14 bits per heavy atom. The van der Waals surface area contributed by atoms with Crippen LogP contribution in [0, 0.1) is 0 Å². The number of hydrogen-bond donors (Lipinski definition) is 0. The van der Waals surface area contributed by atoms with E-state index in [2.05, 4.69) is 50.3 Å². The van der Waals surface area contributed by atoms with Crippen LogP contribution >= 0.6 is 0 Å². The molecule has 0 aliphatic carbocycles. The fourth-order valence-electron chi connectivity index (χ4n) is 3.43. The summed E-state index contributed by atoms with van der Waals surface area (Å²) in [7, 11) is 0. The highest BCUT2D eigenvalue weighted by Crippen LogP contribution is 2.30. The fraction of sp³-hybridized carbons (Fsp3) is 0.400. The molecule has 0 N–H and O–H groups in total. The van der Waals surface area contributed by atoms with E-state index in [4.69, 9.17) is 9.47 Å². The second kappa shape index (κ2) is 8.74. The lowest BCUT2D eigenvalue weighted by Gasteiger charge is -2.18. The first-order valence-electron chi connectivity index (χ1n) is 10.0. The Bertz CT molecular complexity index is 905. The van der Waals surface area contributed by atoms with Gasteiger partial charge in [-0.15, -0.1) is 0 Å². The zero-order valence-corrected chi connectivity index (χ0v) is 17.3. The average molecular weight is 379 g/mol. The van der Waals surface area contributed by atoms with Gasteiger partial charge in [-0.05, 0) is 75.1 Å². The van der Waals surface area contributed by atoms with Crippen LogP contribution in [0.3, 0.4) is 0 Å². The zero-order valence-electron chi connectivity index (χ0n) is 17.3. The second-order valence-corrected chi connectivity index (χ2v) is 8.10. The SMILES string of the molecule is C/C(=C\COc1ccc2ccccc2c1)CC/C=C(\C)C1CC(=O)C(C)(C)O1. The minimum absolute atomic E-state index is 0.0666. The van der Waals surface area contributed by atoms with Crippen molar-refractivity contribution >= 4 is 16.6 Å². The van der Waals surface area contributed by atoms with Crippen molar-refractivity contribution in [2.75, 3.05) is 6.61 Å². The van der Waals surface area contributed by atoms with Crippen molar-refractivity contribution in [3.63, 3.8) is 0 Å². The van der Waals surface area contributed by atoms with Gasteiger partial charge >= 0.3 is 0 Å². The van der Waals surface area contributed by atoms with Gasteiger partial charge in [-0.1, -0.05) is 42.0 Å². The first-order valence-corrected chi connectivity index (χ1v) is 10.0. The third-order valence-corrected chi connectivity index (χ3v) is 5.39. The molecule has 1 heterocycles. The quantitative estimate of drug-likeness (QED) is 0.552. The molecule has 1 fully saturated rings. The average Bonchev–Trinajstić information content (AvgIpc) is 2.94. The predicted octanol–water partition coefficient (Wildman–Crippen LogP) is 6.03. The Morgan fingerprint density at radius 3 is 2.61 bits per heavy atom. The molecule has 1 aliphatic rings. The molecule has 2 aromatic rings. The monoisotopic (exact) mass is 378 g/mol. The number of carbonyl (C=O) groups is 1. The van der Waals surface area contributed by atoms with Crippen molar-refractivity contribution in [2.24, 2.45) is 0 Å². The molecular formula is C25H30O3. The van der Waals surface area contributed by atoms with Gasteiger partial charge in [-0.2, -0.15) is 0 Å². The molecule has 28 heavy (non-hydrogen) atoms. The Labute approximate surface area is 168 Å². The van der Waals surface area contributed by atoms with Crippen LogP contribution in [0.2, 0.25) is 0 Å². The Kier molecular flexibility index (Phi) is 6.35. The maximum Gasteiger partial charge on any atom is 0.167 e.